The molecule has 64 heavy (non-hydrogen) atoms. The number of anilines is 2. The van der Waals surface area contributed by atoms with Gasteiger partial charge in [0.05, 0.1) is 0 Å². The Bertz CT molecular complexity index is 1730. The van der Waals surface area contributed by atoms with Crippen molar-refractivity contribution in [3.8, 4) is 0 Å². The Hall–Kier alpha value is -3.52. The molecule has 1 aliphatic rings. The summed E-state index contributed by atoms with van der Waals surface area (Å²) in [6.45, 7) is 11.5. The van der Waals surface area contributed by atoms with E-state index in [2.05, 4.69) is 120 Å². The van der Waals surface area contributed by atoms with Crippen LogP contribution in [0.5, 0.6) is 0 Å². The van der Waals surface area contributed by atoms with Crippen LogP contribution in [-0.2, 0) is 5.41 Å². The van der Waals surface area contributed by atoms with Crippen LogP contribution in [0.1, 0.15) is 263 Å². The van der Waals surface area contributed by atoms with Gasteiger partial charge in [0.15, 0.2) is 0 Å². The number of unbranched alkanes of at least 4 members (excludes halogenated alkanes) is 18. The van der Waals surface area contributed by atoms with Crippen LogP contribution in [0.15, 0.2) is 84.9 Å². The fourth-order valence-electron chi connectivity index (χ4n) is 11.9. The van der Waals surface area contributed by atoms with Crippen molar-refractivity contribution in [1.29, 1.82) is 0 Å². The van der Waals surface area contributed by atoms with Gasteiger partial charge in [0.2, 0.25) is 0 Å². The normalized spacial score (nSPS) is 15.3. The second-order valence-electron chi connectivity index (χ2n) is 20.6. The molecule has 1 saturated carbocycles. The van der Waals surface area contributed by atoms with Crippen LogP contribution < -0.4 is 11.5 Å². The number of benzene rings is 4. The van der Waals surface area contributed by atoms with Crippen molar-refractivity contribution < 1.29 is 0 Å². The summed E-state index contributed by atoms with van der Waals surface area (Å²) in [5.41, 5.74) is 26.0. The van der Waals surface area contributed by atoms with E-state index < -0.39 is 0 Å². The number of aryl methyl sites for hydroxylation is 2. The average Bonchev–Trinajstić information content (AvgIpc) is 3.31. The van der Waals surface area contributed by atoms with E-state index in [1.807, 2.05) is 0 Å². The molecule has 0 aliphatic heterocycles. The summed E-state index contributed by atoms with van der Waals surface area (Å²) in [5, 5.41) is 0. The molecule has 0 heterocycles. The maximum atomic E-state index is 6.33. The lowest BCUT2D eigenvalue weighted by molar-refractivity contribution is 0.220. The van der Waals surface area contributed by atoms with Gasteiger partial charge < -0.3 is 11.5 Å². The summed E-state index contributed by atoms with van der Waals surface area (Å²) in [5.74, 6) is 1.44. The van der Waals surface area contributed by atoms with Gasteiger partial charge in [-0.05, 0) is 121 Å². The number of nitrogen functional groups attached to an aromatic ring is 2. The fourth-order valence-corrected chi connectivity index (χ4v) is 11.9. The molecule has 0 spiro atoms. The van der Waals surface area contributed by atoms with Crippen molar-refractivity contribution in [1.82, 2.24) is 0 Å². The van der Waals surface area contributed by atoms with Gasteiger partial charge in [-0.1, -0.05) is 236 Å². The topological polar surface area (TPSA) is 52.0 Å². The SMILES string of the molecule is CCCCCCCCCC(c1ccc(C(CCCCCCCCC)(c2ccc(C(CCCCCCCCC)c3ccc(N)cc3C)cc2)C2CCCCC2)cc1)c1ccc(N)cc1C. The van der Waals surface area contributed by atoms with E-state index in [1.165, 1.54) is 220 Å². The minimum absolute atomic E-state index is 0.0110. The number of hydrogen-bond donors (Lipinski definition) is 2. The Balaban J connectivity index is 1.51. The highest BCUT2D eigenvalue weighted by atomic mass is 14.5. The monoisotopic (exact) mass is 867 g/mol. The zero-order valence-corrected chi connectivity index (χ0v) is 42.0. The third-order valence-corrected chi connectivity index (χ3v) is 15.7. The van der Waals surface area contributed by atoms with E-state index in [-0.39, 0.29) is 5.41 Å². The van der Waals surface area contributed by atoms with Crippen molar-refractivity contribution in [2.75, 3.05) is 11.5 Å². The van der Waals surface area contributed by atoms with Crippen molar-refractivity contribution in [3.63, 3.8) is 0 Å². The van der Waals surface area contributed by atoms with Gasteiger partial charge in [0.25, 0.3) is 0 Å². The number of nitrogens with two attached hydrogens (primary N) is 2. The lowest BCUT2D eigenvalue weighted by atomic mass is 9.59. The number of hydrogen-bond acceptors (Lipinski definition) is 2. The lowest BCUT2D eigenvalue weighted by Crippen LogP contribution is -2.38. The average molecular weight is 867 g/mol. The van der Waals surface area contributed by atoms with Crippen LogP contribution in [-0.4, -0.2) is 0 Å². The van der Waals surface area contributed by atoms with E-state index in [9.17, 15) is 0 Å². The molecular weight excluding hydrogens is 773 g/mol. The highest BCUT2D eigenvalue weighted by Crippen LogP contribution is 2.50. The summed E-state index contributed by atoms with van der Waals surface area (Å²) in [6, 6.07) is 33.9. The van der Waals surface area contributed by atoms with Gasteiger partial charge in [-0.15, -0.1) is 0 Å². The molecule has 4 aromatic rings. The quantitative estimate of drug-likeness (QED) is 0.0391. The molecule has 5 rings (SSSR count). The predicted octanol–water partition coefficient (Wildman–Crippen LogP) is 19.0. The minimum Gasteiger partial charge on any atom is -0.399 e. The van der Waals surface area contributed by atoms with Crippen molar-refractivity contribution in [3.05, 3.63) is 129 Å². The maximum Gasteiger partial charge on any atom is 0.0316 e. The first-order chi connectivity index (χ1) is 31.3. The van der Waals surface area contributed by atoms with Crippen LogP contribution in [0, 0.1) is 19.8 Å². The number of rotatable bonds is 31. The zero-order chi connectivity index (χ0) is 45.4. The van der Waals surface area contributed by atoms with Crippen LogP contribution in [0.3, 0.4) is 0 Å². The standard InChI is InChI=1S/C62H94N2/c1-6-9-12-15-18-21-27-32-60(58-44-42-56(63)47-49(58)4)51-34-38-54(39-35-51)62(53-30-25-24-26-31-53,46-29-23-20-17-14-11-8-3)55-40-36-52(37-41-55)61(33-28-22-19-16-13-10-7-2)59-45-43-57(64)48-50(59)5/h34-45,47-48,53,60-61H,6-33,46,63-64H2,1-5H3. The van der Waals surface area contributed by atoms with E-state index in [0.717, 1.165) is 11.4 Å². The summed E-state index contributed by atoms with van der Waals surface area (Å²) in [7, 11) is 0. The van der Waals surface area contributed by atoms with Gasteiger partial charge in [0.1, 0.15) is 0 Å². The summed E-state index contributed by atoms with van der Waals surface area (Å²) < 4.78 is 0. The Kier molecular flexibility index (Phi) is 22.9. The van der Waals surface area contributed by atoms with Crippen LogP contribution in [0.2, 0.25) is 0 Å². The molecule has 4 N–H and O–H groups in total. The van der Waals surface area contributed by atoms with Crippen molar-refractivity contribution in [2.24, 2.45) is 5.92 Å². The summed E-state index contributed by atoms with van der Waals surface area (Å²) in [4.78, 5) is 0. The van der Waals surface area contributed by atoms with Gasteiger partial charge in [0, 0.05) is 28.6 Å². The van der Waals surface area contributed by atoms with Gasteiger partial charge in [-0.2, -0.15) is 0 Å². The largest absolute Gasteiger partial charge is 0.399 e. The van der Waals surface area contributed by atoms with Gasteiger partial charge in [-0.25, -0.2) is 0 Å². The highest BCUT2D eigenvalue weighted by Gasteiger charge is 2.42. The molecule has 4 aromatic carbocycles. The Labute approximate surface area is 394 Å². The van der Waals surface area contributed by atoms with Crippen LogP contribution >= 0.6 is 0 Å². The smallest absolute Gasteiger partial charge is 0.0316 e. The van der Waals surface area contributed by atoms with E-state index in [1.54, 1.807) is 11.1 Å². The lowest BCUT2D eigenvalue weighted by Gasteiger charge is -2.45. The molecule has 352 valence electrons. The predicted molar refractivity (Wildman–Crippen MR) is 283 cm³/mol. The molecule has 0 amide bonds. The zero-order valence-electron chi connectivity index (χ0n) is 42.0. The Morgan fingerprint density at radius 3 is 1.17 bits per heavy atom. The third kappa shape index (κ3) is 15.3. The molecule has 2 heteroatoms. The highest BCUT2D eigenvalue weighted by molar-refractivity contribution is 5.51. The molecule has 1 fully saturated rings. The molecule has 2 atom stereocenters. The third-order valence-electron chi connectivity index (χ3n) is 15.7. The molecule has 0 aromatic heterocycles. The van der Waals surface area contributed by atoms with Gasteiger partial charge >= 0.3 is 0 Å². The first kappa shape index (κ1) is 51.5. The fraction of sp³-hybridized carbons (Fsp3) is 0.613. The van der Waals surface area contributed by atoms with Gasteiger partial charge in [-0.3, -0.25) is 0 Å². The van der Waals surface area contributed by atoms with E-state index in [0.29, 0.717) is 17.8 Å². The molecular formula is C62H94N2. The van der Waals surface area contributed by atoms with E-state index >= 15 is 0 Å². The second-order valence-corrected chi connectivity index (χ2v) is 20.6. The second kappa shape index (κ2) is 28.5. The molecule has 0 radical (unpaired) electrons. The first-order valence-corrected chi connectivity index (χ1v) is 27.2. The summed E-state index contributed by atoms with van der Waals surface area (Å²) in [6.07, 6.45) is 38.6. The summed E-state index contributed by atoms with van der Waals surface area (Å²) >= 11 is 0. The molecule has 2 unspecified atom stereocenters. The maximum absolute atomic E-state index is 6.33. The van der Waals surface area contributed by atoms with Crippen molar-refractivity contribution >= 4 is 11.4 Å². The molecule has 1 aliphatic carbocycles. The Morgan fingerprint density at radius 2 is 0.797 bits per heavy atom. The van der Waals surface area contributed by atoms with Crippen LogP contribution in [0.25, 0.3) is 0 Å². The van der Waals surface area contributed by atoms with Crippen molar-refractivity contribution in [2.45, 2.75) is 238 Å². The Morgan fingerprint density at radius 1 is 0.438 bits per heavy atom. The molecule has 0 saturated heterocycles. The first-order valence-electron chi connectivity index (χ1n) is 27.2. The molecule has 2 nitrogen and oxygen atoms in total. The molecule has 0 bridgehead atoms. The minimum atomic E-state index is 0.0110. The van der Waals surface area contributed by atoms with E-state index in [4.69, 9.17) is 11.5 Å². The van der Waals surface area contributed by atoms with Crippen LogP contribution in [0.4, 0.5) is 11.4 Å².